The van der Waals surface area contributed by atoms with Crippen LogP contribution in [0.5, 0.6) is 0 Å². The highest BCUT2D eigenvalue weighted by Gasteiger charge is 2.56. The van der Waals surface area contributed by atoms with Gasteiger partial charge in [0.2, 0.25) is 11.8 Å². The molecule has 1 aromatic carbocycles. The lowest BCUT2D eigenvalue weighted by atomic mass is 10.0. The maximum atomic E-state index is 12.3. The summed E-state index contributed by atoms with van der Waals surface area (Å²) in [5.41, 5.74) is 1.43. The monoisotopic (exact) mass is 288 g/mol. The van der Waals surface area contributed by atoms with Crippen LogP contribution in [0.4, 0.5) is 0 Å². The van der Waals surface area contributed by atoms with Crippen LogP contribution in [0, 0.1) is 12.3 Å². The molecule has 4 nitrogen and oxygen atoms in total. The van der Waals surface area contributed by atoms with E-state index in [0.29, 0.717) is 25.9 Å². The maximum absolute atomic E-state index is 12.3. The molecule has 0 aliphatic heterocycles. The molecule has 1 aliphatic rings. The van der Waals surface area contributed by atoms with Crippen LogP contribution < -0.4 is 10.6 Å². The first-order valence-corrected chi connectivity index (χ1v) is 7.71. The number of unbranched alkanes of at least 4 members (excludes halogenated alkanes) is 1. The summed E-state index contributed by atoms with van der Waals surface area (Å²) in [6, 6.07) is 7.95. The third-order valence-corrected chi connectivity index (χ3v) is 4.14. The van der Waals surface area contributed by atoms with Crippen LogP contribution >= 0.6 is 0 Å². The Hall–Kier alpha value is -1.84. The van der Waals surface area contributed by atoms with Crippen LogP contribution in [-0.4, -0.2) is 18.4 Å². The second-order valence-electron chi connectivity index (χ2n) is 5.80. The Bertz CT molecular complexity index is 521. The van der Waals surface area contributed by atoms with Gasteiger partial charge >= 0.3 is 0 Å². The number of benzene rings is 1. The van der Waals surface area contributed by atoms with Gasteiger partial charge < -0.3 is 10.6 Å². The van der Waals surface area contributed by atoms with Crippen LogP contribution in [0.2, 0.25) is 0 Å². The molecule has 1 fully saturated rings. The van der Waals surface area contributed by atoms with Gasteiger partial charge in [0.25, 0.3) is 0 Å². The minimum absolute atomic E-state index is 0.113. The standard InChI is InChI=1S/C17H24N2O2/c1-3-4-11-18-15(20)17(9-10-17)16(21)19-12-14-8-6-5-7-13(14)2/h5-8H,3-4,9-12H2,1-2H3,(H,18,20)(H,19,21). The summed E-state index contributed by atoms with van der Waals surface area (Å²) in [5.74, 6) is -0.252. The molecule has 0 atom stereocenters. The van der Waals surface area contributed by atoms with Crippen molar-refractivity contribution in [2.45, 2.75) is 46.1 Å². The van der Waals surface area contributed by atoms with E-state index in [9.17, 15) is 9.59 Å². The molecule has 1 aromatic rings. The summed E-state index contributed by atoms with van der Waals surface area (Å²) >= 11 is 0. The van der Waals surface area contributed by atoms with Crippen LogP contribution in [0.15, 0.2) is 24.3 Å². The largest absolute Gasteiger partial charge is 0.355 e. The van der Waals surface area contributed by atoms with Crippen molar-refractivity contribution < 1.29 is 9.59 Å². The first kappa shape index (κ1) is 15.5. The van der Waals surface area contributed by atoms with Gasteiger partial charge in [0, 0.05) is 13.1 Å². The first-order valence-electron chi connectivity index (χ1n) is 7.71. The van der Waals surface area contributed by atoms with Gasteiger partial charge in [0.05, 0.1) is 0 Å². The molecular weight excluding hydrogens is 264 g/mol. The molecule has 1 saturated carbocycles. The molecule has 0 bridgehead atoms. The fraction of sp³-hybridized carbons (Fsp3) is 0.529. The molecule has 4 heteroatoms. The normalized spacial score (nSPS) is 15.3. The van der Waals surface area contributed by atoms with Crippen molar-refractivity contribution >= 4 is 11.8 Å². The van der Waals surface area contributed by atoms with Crippen molar-refractivity contribution in [2.24, 2.45) is 5.41 Å². The Morgan fingerprint density at radius 3 is 2.43 bits per heavy atom. The third kappa shape index (κ3) is 3.63. The van der Waals surface area contributed by atoms with Crippen molar-refractivity contribution in [3.63, 3.8) is 0 Å². The highest BCUT2D eigenvalue weighted by molar-refractivity contribution is 6.07. The van der Waals surface area contributed by atoms with Crippen LogP contribution in [0.25, 0.3) is 0 Å². The number of hydrogen-bond donors (Lipinski definition) is 2. The van der Waals surface area contributed by atoms with E-state index in [1.165, 1.54) is 0 Å². The van der Waals surface area contributed by atoms with Crippen molar-refractivity contribution in [1.29, 1.82) is 0 Å². The summed E-state index contributed by atoms with van der Waals surface area (Å²) in [6.07, 6.45) is 3.30. The third-order valence-electron chi connectivity index (χ3n) is 4.14. The minimum Gasteiger partial charge on any atom is -0.355 e. The molecule has 0 saturated heterocycles. The average molecular weight is 288 g/mol. The number of nitrogens with one attached hydrogen (secondary N) is 2. The molecule has 0 heterocycles. The summed E-state index contributed by atoms with van der Waals surface area (Å²) in [5, 5.41) is 5.79. The maximum Gasteiger partial charge on any atom is 0.235 e. The molecule has 114 valence electrons. The molecule has 2 rings (SSSR count). The highest BCUT2D eigenvalue weighted by atomic mass is 16.2. The van der Waals surface area contributed by atoms with E-state index in [0.717, 1.165) is 24.0 Å². The molecule has 2 N–H and O–H groups in total. The van der Waals surface area contributed by atoms with Crippen molar-refractivity contribution in [3.05, 3.63) is 35.4 Å². The Balaban J connectivity index is 1.88. The lowest BCUT2D eigenvalue weighted by molar-refractivity contribution is -0.137. The molecule has 21 heavy (non-hydrogen) atoms. The molecule has 2 amide bonds. The summed E-state index contributed by atoms with van der Waals surface area (Å²) in [4.78, 5) is 24.5. The van der Waals surface area contributed by atoms with E-state index >= 15 is 0 Å². The van der Waals surface area contributed by atoms with Crippen LogP contribution in [0.3, 0.4) is 0 Å². The highest BCUT2D eigenvalue weighted by Crippen LogP contribution is 2.46. The predicted molar refractivity (Wildman–Crippen MR) is 82.6 cm³/mol. The zero-order valence-electron chi connectivity index (χ0n) is 12.9. The summed E-state index contributed by atoms with van der Waals surface area (Å²) < 4.78 is 0. The number of hydrogen-bond acceptors (Lipinski definition) is 2. The van der Waals surface area contributed by atoms with E-state index in [2.05, 4.69) is 17.6 Å². The van der Waals surface area contributed by atoms with E-state index < -0.39 is 5.41 Å². The zero-order chi connectivity index (χ0) is 15.3. The van der Waals surface area contributed by atoms with Gasteiger partial charge in [-0.05, 0) is 37.3 Å². The van der Waals surface area contributed by atoms with Gasteiger partial charge in [-0.15, -0.1) is 0 Å². The van der Waals surface area contributed by atoms with E-state index in [-0.39, 0.29) is 11.8 Å². The fourth-order valence-corrected chi connectivity index (χ4v) is 2.38. The van der Waals surface area contributed by atoms with Gasteiger partial charge in [0.1, 0.15) is 5.41 Å². The number of rotatable bonds is 7. The quantitative estimate of drug-likeness (QED) is 0.597. The average Bonchev–Trinajstić information content (AvgIpc) is 3.28. The Morgan fingerprint density at radius 2 is 1.81 bits per heavy atom. The molecule has 0 unspecified atom stereocenters. The smallest absolute Gasteiger partial charge is 0.235 e. The minimum atomic E-state index is -0.809. The second kappa shape index (κ2) is 6.74. The van der Waals surface area contributed by atoms with Crippen LogP contribution in [-0.2, 0) is 16.1 Å². The van der Waals surface area contributed by atoms with Crippen molar-refractivity contribution in [2.75, 3.05) is 6.54 Å². The summed E-state index contributed by atoms with van der Waals surface area (Å²) in [6.45, 7) is 5.23. The second-order valence-corrected chi connectivity index (χ2v) is 5.80. The lowest BCUT2D eigenvalue weighted by Crippen LogP contribution is -2.43. The van der Waals surface area contributed by atoms with E-state index in [1.54, 1.807) is 0 Å². The van der Waals surface area contributed by atoms with Gasteiger partial charge in [-0.3, -0.25) is 9.59 Å². The topological polar surface area (TPSA) is 58.2 Å². The van der Waals surface area contributed by atoms with E-state index in [1.807, 2.05) is 31.2 Å². The molecule has 0 aromatic heterocycles. The number of aryl methyl sites for hydroxylation is 1. The fourth-order valence-electron chi connectivity index (χ4n) is 2.38. The van der Waals surface area contributed by atoms with Crippen LogP contribution in [0.1, 0.15) is 43.7 Å². The molecular formula is C17H24N2O2. The lowest BCUT2D eigenvalue weighted by Gasteiger charge is -2.16. The predicted octanol–water partition coefficient (Wildman–Crippen LogP) is 2.31. The number of amides is 2. The van der Waals surface area contributed by atoms with Gasteiger partial charge in [-0.2, -0.15) is 0 Å². The van der Waals surface area contributed by atoms with Gasteiger partial charge in [0.15, 0.2) is 0 Å². The SMILES string of the molecule is CCCCNC(=O)C1(C(=O)NCc2ccccc2C)CC1. The Morgan fingerprint density at radius 1 is 1.14 bits per heavy atom. The molecule has 0 radical (unpaired) electrons. The van der Waals surface area contributed by atoms with Gasteiger partial charge in [-0.25, -0.2) is 0 Å². The number of carbonyl (C=O) groups excluding carboxylic acids is 2. The summed E-state index contributed by atoms with van der Waals surface area (Å²) in [7, 11) is 0. The first-order chi connectivity index (χ1) is 10.1. The Labute approximate surface area is 126 Å². The number of carbonyl (C=O) groups is 2. The zero-order valence-corrected chi connectivity index (χ0v) is 12.9. The van der Waals surface area contributed by atoms with E-state index in [4.69, 9.17) is 0 Å². The van der Waals surface area contributed by atoms with Crippen molar-refractivity contribution in [3.8, 4) is 0 Å². The van der Waals surface area contributed by atoms with Crippen molar-refractivity contribution in [1.82, 2.24) is 10.6 Å². The van der Waals surface area contributed by atoms with Gasteiger partial charge in [-0.1, -0.05) is 37.6 Å². The molecule has 0 spiro atoms. The molecule has 1 aliphatic carbocycles. The Kier molecular flexibility index (Phi) is 4.99.